The largest absolute Gasteiger partial charge is 0.295 e. The fourth-order valence-corrected chi connectivity index (χ4v) is 2.34. The molecule has 7 heteroatoms. The molecule has 0 unspecified atom stereocenters. The van der Waals surface area contributed by atoms with Crippen LogP contribution in [-0.4, -0.2) is 21.1 Å². The zero-order valence-electron chi connectivity index (χ0n) is 9.50. The van der Waals surface area contributed by atoms with E-state index in [1.807, 2.05) is 24.3 Å². The molecule has 1 N–H and O–H groups in total. The van der Waals surface area contributed by atoms with Crippen molar-refractivity contribution >= 4 is 44.9 Å². The average Bonchev–Trinajstić information content (AvgIpc) is 2.91. The number of carbonyl (C=O) groups is 1. The number of anilines is 1. The van der Waals surface area contributed by atoms with Gasteiger partial charge < -0.3 is 0 Å². The number of para-hydroxylation sites is 1. The lowest BCUT2D eigenvalue weighted by Crippen LogP contribution is -2.13. The molecule has 0 spiro atoms. The molecule has 3 aromatic rings. The van der Waals surface area contributed by atoms with Crippen LogP contribution in [0, 0.1) is 0 Å². The van der Waals surface area contributed by atoms with Gasteiger partial charge in [0.1, 0.15) is 11.2 Å². The number of hydrogen-bond acceptors (Lipinski definition) is 5. The van der Waals surface area contributed by atoms with E-state index in [1.54, 1.807) is 6.07 Å². The van der Waals surface area contributed by atoms with E-state index in [0.717, 1.165) is 5.39 Å². The number of benzene rings is 1. The van der Waals surface area contributed by atoms with Gasteiger partial charge in [-0.25, -0.2) is 4.98 Å². The lowest BCUT2D eigenvalue weighted by Gasteiger charge is -2.04. The third-order valence-electron chi connectivity index (χ3n) is 2.48. The molecule has 0 radical (unpaired) electrons. The number of hydrogen-bond donors (Lipinski definition) is 1. The van der Waals surface area contributed by atoms with Gasteiger partial charge in [0.15, 0.2) is 0 Å². The molecular formula is C12H7ClN4OS. The number of halogens is 1. The van der Waals surface area contributed by atoms with Crippen molar-refractivity contribution in [2.75, 3.05) is 5.32 Å². The standard InChI is InChI=1S/C12H7ClN4OS/c13-8-5-10(11(18)16-12-17-14-6-19-12)15-9-4-2-1-3-7(8)9/h1-6H,(H,16,17,18). The van der Waals surface area contributed by atoms with Gasteiger partial charge >= 0.3 is 0 Å². The Bertz CT molecular complexity index is 745. The van der Waals surface area contributed by atoms with E-state index in [9.17, 15) is 4.79 Å². The van der Waals surface area contributed by atoms with Gasteiger partial charge in [-0.15, -0.1) is 10.2 Å². The fraction of sp³-hybridized carbons (Fsp3) is 0. The summed E-state index contributed by atoms with van der Waals surface area (Å²) in [5.74, 6) is -0.357. The Morgan fingerprint density at radius 1 is 1.32 bits per heavy atom. The van der Waals surface area contributed by atoms with E-state index in [4.69, 9.17) is 11.6 Å². The van der Waals surface area contributed by atoms with Crippen LogP contribution in [0.1, 0.15) is 10.5 Å². The number of nitrogens with zero attached hydrogens (tertiary/aromatic N) is 3. The van der Waals surface area contributed by atoms with Gasteiger partial charge in [0.25, 0.3) is 5.91 Å². The number of rotatable bonds is 2. The minimum absolute atomic E-state index is 0.249. The van der Waals surface area contributed by atoms with Gasteiger partial charge in [-0.1, -0.05) is 41.1 Å². The predicted molar refractivity (Wildman–Crippen MR) is 74.6 cm³/mol. The second-order valence-corrected chi connectivity index (χ2v) is 4.94. The molecule has 94 valence electrons. The van der Waals surface area contributed by atoms with Gasteiger partial charge in [0, 0.05) is 5.39 Å². The van der Waals surface area contributed by atoms with Gasteiger partial charge in [0.05, 0.1) is 10.5 Å². The van der Waals surface area contributed by atoms with Crippen LogP contribution in [0.5, 0.6) is 0 Å². The zero-order chi connectivity index (χ0) is 13.2. The maximum atomic E-state index is 12.0. The smallest absolute Gasteiger partial charge is 0.276 e. The molecule has 3 rings (SSSR count). The molecule has 19 heavy (non-hydrogen) atoms. The van der Waals surface area contributed by atoms with Gasteiger partial charge in [-0.05, 0) is 12.1 Å². The summed E-state index contributed by atoms with van der Waals surface area (Å²) in [6.45, 7) is 0. The number of fused-ring (bicyclic) bond motifs is 1. The predicted octanol–water partition coefficient (Wildman–Crippen LogP) is 2.99. The normalized spacial score (nSPS) is 10.6. The first-order valence-electron chi connectivity index (χ1n) is 5.37. The molecule has 1 aromatic carbocycles. The summed E-state index contributed by atoms with van der Waals surface area (Å²) in [6.07, 6.45) is 0. The molecule has 0 saturated heterocycles. The highest BCUT2D eigenvalue weighted by Crippen LogP contribution is 2.23. The third kappa shape index (κ3) is 2.40. The molecule has 0 aliphatic carbocycles. The minimum Gasteiger partial charge on any atom is -0.295 e. The summed E-state index contributed by atoms with van der Waals surface area (Å²) in [4.78, 5) is 16.3. The van der Waals surface area contributed by atoms with Crippen molar-refractivity contribution in [2.24, 2.45) is 0 Å². The first-order valence-corrected chi connectivity index (χ1v) is 6.62. The SMILES string of the molecule is O=C(Nc1nncs1)c1cc(Cl)c2ccccc2n1. The Kier molecular flexibility index (Phi) is 3.10. The maximum Gasteiger partial charge on any atom is 0.276 e. The Morgan fingerprint density at radius 3 is 2.95 bits per heavy atom. The molecule has 5 nitrogen and oxygen atoms in total. The van der Waals surface area contributed by atoms with Crippen molar-refractivity contribution < 1.29 is 4.79 Å². The van der Waals surface area contributed by atoms with E-state index in [0.29, 0.717) is 15.7 Å². The summed E-state index contributed by atoms with van der Waals surface area (Å²) >= 11 is 7.38. The Balaban J connectivity index is 1.98. The Labute approximate surface area is 117 Å². The molecule has 0 atom stereocenters. The molecule has 0 fully saturated rings. The number of nitrogens with one attached hydrogen (secondary N) is 1. The van der Waals surface area contributed by atoms with Crippen molar-refractivity contribution in [2.45, 2.75) is 0 Å². The van der Waals surface area contributed by atoms with Crippen LogP contribution in [0.3, 0.4) is 0 Å². The first-order chi connectivity index (χ1) is 9.24. The average molecular weight is 291 g/mol. The number of pyridine rings is 1. The second-order valence-electron chi connectivity index (χ2n) is 3.70. The molecule has 0 aliphatic rings. The van der Waals surface area contributed by atoms with E-state index >= 15 is 0 Å². The van der Waals surface area contributed by atoms with Crippen molar-refractivity contribution in [3.63, 3.8) is 0 Å². The molecule has 0 saturated carbocycles. The first kappa shape index (κ1) is 12.0. The lowest BCUT2D eigenvalue weighted by atomic mass is 10.2. The number of carbonyl (C=O) groups excluding carboxylic acids is 1. The molecule has 1 amide bonds. The van der Waals surface area contributed by atoms with Crippen LogP contribution < -0.4 is 5.32 Å². The van der Waals surface area contributed by atoms with Gasteiger partial charge in [0.2, 0.25) is 5.13 Å². The van der Waals surface area contributed by atoms with Crippen LogP contribution >= 0.6 is 22.9 Å². The van der Waals surface area contributed by atoms with Crippen molar-refractivity contribution in [1.82, 2.24) is 15.2 Å². The highest BCUT2D eigenvalue weighted by molar-refractivity contribution is 7.13. The molecular weight excluding hydrogens is 284 g/mol. The minimum atomic E-state index is -0.357. The summed E-state index contributed by atoms with van der Waals surface area (Å²) in [5.41, 5.74) is 2.47. The summed E-state index contributed by atoms with van der Waals surface area (Å²) in [5, 5.41) is 11.7. The molecule has 2 aromatic heterocycles. The van der Waals surface area contributed by atoms with Crippen LogP contribution in [0.15, 0.2) is 35.8 Å². The number of amides is 1. The van der Waals surface area contributed by atoms with Crippen LogP contribution in [0.4, 0.5) is 5.13 Å². The third-order valence-corrected chi connectivity index (χ3v) is 3.40. The van der Waals surface area contributed by atoms with Gasteiger partial charge in [-0.3, -0.25) is 10.1 Å². The second kappa shape index (κ2) is 4.91. The molecule has 0 bridgehead atoms. The van der Waals surface area contributed by atoms with E-state index < -0.39 is 0 Å². The summed E-state index contributed by atoms with van der Waals surface area (Å²) < 4.78 is 0. The Hall–Kier alpha value is -2.05. The fourth-order valence-electron chi connectivity index (χ4n) is 1.64. The Morgan fingerprint density at radius 2 is 2.16 bits per heavy atom. The van der Waals surface area contributed by atoms with E-state index in [1.165, 1.54) is 16.8 Å². The molecule has 0 aliphatic heterocycles. The van der Waals surface area contributed by atoms with Crippen molar-refractivity contribution in [3.05, 3.63) is 46.6 Å². The lowest BCUT2D eigenvalue weighted by molar-refractivity contribution is 0.102. The monoisotopic (exact) mass is 290 g/mol. The highest BCUT2D eigenvalue weighted by Gasteiger charge is 2.12. The van der Waals surface area contributed by atoms with Crippen LogP contribution in [-0.2, 0) is 0 Å². The zero-order valence-corrected chi connectivity index (χ0v) is 11.1. The van der Waals surface area contributed by atoms with Crippen LogP contribution in [0.25, 0.3) is 10.9 Å². The topological polar surface area (TPSA) is 67.8 Å². The van der Waals surface area contributed by atoms with Crippen molar-refractivity contribution in [1.29, 1.82) is 0 Å². The van der Waals surface area contributed by atoms with Gasteiger partial charge in [-0.2, -0.15) is 0 Å². The quantitative estimate of drug-likeness (QED) is 0.788. The van der Waals surface area contributed by atoms with Crippen molar-refractivity contribution in [3.8, 4) is 0 Å². The number of aromatic nitrogens is 3. The maximum absolute atomic E-state index is 12.0. The summed E-state index contributed by atoms with van der Waals surface area (Å²) in [7, 11) is 0. The molecule has 2 heterocycles. The van der Waals surface area contributed by atoms with Crippen LogP contribution in [0.2, 0.25) is 5.02 Å². The van der Waals surface area contributed by atoms with E-state index in [-0.39, 0.29) is 11.6 Å². The van der Waals surface area contributed by atoms with E-state index in [2.05, 4.69) is 20.5 Å². The highest BCUT2D eigenvalue weighted by atomic mass is 35.5. The summed E-state index contributed by atoms with van der Waals surface area (Å²) in [6, 6.07) is 8.93.